The van der Waals surface area contributed by atoms with Gasteiger partial charge in [-0.2, -0.15) is 0 Å². The maximum atomic E-state index is 14.5. The van der Waals surface area contributed by atoms with Crippen LogP contribution in [0.5, 0.6) is 0 Å². The second-order valence-electron chi connectivity index (χ2n) is 13.3. The van der Waals surface area contributed by atoms with Crippen molar-refractivity contribution in [2.75, 3.05) is 5.32 Å². The molecule has 0 aliphatic heterocycles. The fourth-order valence-corrected chi connectivity index (χ4v) is 4.99. The number of hydrogen-bond donors (Lipinski definition) is 2. The number of carbonyl (C=O) groups excluding carboxylic acids is 3. The van der Waals surface area contributed by atoms with Crippen LogP contribution in [0.25, 0.3) is 10.8 Å². The van der Waals surface area contributed by atoms with Crippen molar-refractivity contribution >= 4 is 34.4 Å². The highest BCUT2D eigenvalue weighted by Gasteiger charge is 2.42. The van der Waals surface area contributed by atoms with Gasteiger partial charge in [-0.3, -0.25) is 9.59 Å². The normalized spacial score (nSPS) is 13.4. The van der Waals surface area contributed by atoms with E-state index in [1.807, 2.05) is 101 Å². The molecule has 0 aliphatic rings. The lowest BCUT2D eigenvalue weighted by atomic mass is 9.93. The number of rotatable bonds is 9. The van der Waals surface area contributed by atoms with E-state index in [2.05, 4.69) is 17.6 Å². The minimum absolute atomic E-state index is 0.101. The highest BCUT2D eigenvalue weighted by molar-refractivity contribution is 6.00. The monoisotopic (exact) mass is 573 g/mol. The molecule has 0 aliphatic carbocycles. The number of hydrogen-bond acceptors (Lipinski definition) is 4. The zero-order valence-corrected chi connectivity index (χ0v) is 26.6. The number of nitrogens with one attached hydrogen (secondary N) is 2. The quantitative estimate of drug-likeness (QED) is 0.275. The third-order valence-electron chi connectivity index (χ3n) is 6.88. The van der Waals surface area contributed by atoms with E-state index in [4.69, 9.17) is 4.74 Å². The summed E-state index contributed by atoms with van der Waals surface area (Å²) in [6.07, 6.45) is 0.574. The number of ether oxygens (including phenoxy) is 1. The van der Waals surface area contributed by atoms with Crippen LogP contribution in [0.2, 0.25) is 0 Å². The minimum atomic E-state index is -0.954. The van der Waals surface area contributed by atoms with E-state index < -0.39 is 29.3 Å². The Morgan fingerprint density at radius 3 is 2.02 bits per heavy atom. The maximum Gasteiger partial charge on any atom is 0.408 e. The molecule has 226 valence electrons. The Bertz CT molecular complexity index is 1380. The Kier molecular flexibility index (Phi) is 10.4. The largest absolute Gasteiger partial charge is 0.444 e. The van der Waals surface area contributed by atoms with Crippen LogP contribution in [-0.2, 0) is 20.7 Å². The van der Waals surface area contributed by atoms with Crippen LogP contribution in [0, 0.1) is 5.92 Å². The standard InChI is InChI=1S/C35H47N3O4/c1-10-24-15-17-26(18-16-24)30(31(39)36-28-20-19-25-13-11-12-14-27(25)22-28)38(34(4,5)6)32(40)29(21-23(2)3)37-33(41)42-35(7,8)9/h11-20,22-23,29-30H,10,21H2,1-9H3,(H,36,39)(H,37,41). The summed E-state index contributed by atoms with van der Waals surface area (Å²) in [4.78, 5) is 43.1. The SMILES string of the molecule is CCc1ccc(C(C(=O)Nc2ccc3ccccc3c2)N(C(=O)C(CC(C)C)NC(=O)OC(C)(C)C)C(C)(C)C)cc1. The van der Waals surface area contributed by atoms with Crippen molar-refractivity contribution in [3.63, 3.8) is 0 Å². The zero-order chi connectivity index (χ0) is 31.2. The van der Waals surface area contributed by atoms with E-state index in [1.165, 1.54) is 0 Å². The molecule has 7 heteroatoms. The van der Waals surface area contributed by atoms with Crippen molar-refractivity contribution in [3.05, 3.63) is 77.9 Å². The van der Waals surface area contributed by atoms with Crippen molar-refractivity contribution < 1.29 is 19.1 Å². The second-order valence-corrected chi connectivity index (χ2v) is 13.3. The first-order valence-electron chi connectivity index (χ1n) is 14.8. The van der Waals surface area contributed by atoms with Crippen molar-refractivity contribution in [2.24, 2.45) is 5.92 Å². The van der Waals surface area contributed by atoms with Crippen LogP contribution in [0.15, 0.2) is 66.7 Å². The van der Waals surface area contributed by atoms with Gasteiger partial charge in [-0.25, -0.2) is 4.79 Å². The summed E-state index contributed by atoms with van der Waals surface area (Å²) in [7, 11) is 0. The molecule has 0 saturated carbocycles. The third-order valence-corrected chi connectivity index (χ3v) is 6.88. The van der Waals surface area contributed by atoms with Gasteiger partial charge in [0.25, 0.3) is 5.91 Å². The molecule has 0 fully saturated rings. The number of nitrogens with zero attached hydrogens (tertiary/aromatic N) is 1. The zero-order valence-electron chi connectivity index (χ0n) is 26.6. The molecule has 42 heavy (non-hydrogen) atoms. The van der Waals surface area contributed by atoms with Gasteiger partial charge in [0.05, 0.1) is 0 Å². The first-order chi connectivity index (χ1) is 19.6. The summed E-state index contributed by atoms with van der Waals surface area (Å²) in [5.74, 6) is -0.580. The number of amides is 3. The minimum Gasteiger partial charge on any atom is -0.444 e. The van der Waals surface area contributed by atoms with Crippen LogP contribution in [0.4, 0.5) is 10.5 Å². The molecule has 2 atom stereocenters. The summed E-state index contributed by atoms with van der Waals surface area (Å²) >= 11 is 0. The number of fused-ring (bicyclic) bond motifs is 1. The Labute approximate surface area is 251 Å². The van der Waals surface area contributed by atoms with Crippen LogP contribution >= 0.6 is 0 Å². The maximum absolute atomic E-state index is 14.5. The molecule has 2 unspecified atom stereocenters. The van der Waals surface area contributed by atoms with Crippen molar-refractivity contribution in [2.45, 2.75) is 98.4 Å². The van der Waals surface area contributed by atoms with Crippen LogP contribution in [0.1, 0.15) is 85.9 Å². The number of aryl methyl sites for hydroxylation is 1. The molecule has 0 radical (unpaired) electrons. The molecule has 0 heterocycles. The van der Waals surface area contributed by atoms with Crippen molar-refractivity contribution in [1.29, 1.82) is 0 Å². The molecule has 3 rings (SSSR count). The summed E-state index contributed by atoms with van der Waals surface area (Å²) in [6.45, 7) is 17.1. The van der Waals surface area contributed by atoms with Gasteiger partial charge in [-0.15, -0.1) is 0 Å². The first-order valence-corrected chi connectivity index (χ1v) is 14.8. The summed E-state index contributed by atoms with van der Waals surface area (Å²) in [5.41, 5.74) is 0.972. The molecule has 0 saturated heterocycles. The highest BCUT2D eigenvalue weighted by Crippen LogP contribution is 2.32. The van der Waals surface area contributed by atoms with Gasteiger partial charge in [-0.1, -0.05) is 75.4 Å². The molecule has 0 bridgehead atoms. The average Bonchev–Trinajstić information content (AvgIpc) is 2.89. The van der Waals surface area contributed by atoms with Crippen LogP contribution in [0.3, 0.4) is 0 Å². The Morgan fingerprint density at radius 2 is 1.48 bits per heavy atom. The van der Waals surface area contributed by atoms with Gasteiger partial charge in [0.2, 0.25) is 5.91 Å². The molecule has 3 aromatic rings. The summed E-state index contributed by atoms with van der Waals surface area (Å²) < 4.78 is 5.50. The molecule has 3 aromatic carbocycles. The fraction of sp³-hybridized carbons (Fsp3) is 0.457. The van der Waals surface area contributed by atoms with E-state index >= 15 is 0 Å². The molecule has 0 spiro atoms. The lowest BCUT2D eigenvalue weighted by Crippen LogP contribution is -2.58. The molecular formula is C35H47N3O4. The molecule has 2 N–H and O–H groups in total. The Balaban J connectivity index is 2.07. The number of carbonyl (C=O) groups is 3. The van der Waals surface area contributed by atoms with Crippen molar-refractivity contribution in [1.82, 2.24) is 10.2 Å². The van der Waals surface area contributed by atoms with Gasteiger partial charge in [0, 0.05) is 11.2 Å². The highest BCUT2D eigenvalue weighted by atomic mass is 16.6. The Hall–Kier alpha value is -3.87. The third kappa shape index (κ3) is 8.81. The van der Waals surface area contributed by atoms with E-state index in [0.29, 0.717) is 17.7 Å². The molecular weight excluding hydrogens is 526 g/mol. The van der Waals surface area contributed by atoms with E-state index in [0.717, 1.165) is 22.8 Å². The predicted octanol–water partition coefficient (Wildman–Crippen LogP) is 7.65. The lowest BCUT2D eigenvalue weighted by Gasteiger charge is -2.43. The van der Waals surface area contributed by atoms with Crippen molar-refractivity contribution in [3.8, 4) is 0 Å². The molecule has 3 amide bonds. The van der Waals surface area contributed by atoms with Crippen LogP contribution < -0.4 is 10.6 Å². The number of anilines is 1. The van der Waals surface area contributed by atoms with Gasteiger partial charge in [0.1, 0.15) is 17.7 Å². The first kappa shape index (κ1) is 32.6. The van der Waals surface area contributed by atoms with E-state index in [9.17, 15) is 14.4 Å². The summed E-state index contributed by atoms with van der Waals surface area (Å²) in [5, 5.41) is 7.95. The smallest absolute Gasteiger partial charge is 0.408 e. The van der Waals surface area contributed by atoms with Gasteiger partial charge in [-0.05, 0) is 94.3 Å². The van der Waals surface area contributed by atoms with E-state index in [1.54, 1.807) is 25.7 Å². The average molecular weight is 574 g/mol. The summed E-state index contributed by atoms with van der Waals surface area (Å²) in [6, 6.07) is 19.7. The van der Waals surface area contributed by atoms with E-state index in [-0.39, 0.29) is 17.7 Å². The van der Waals surface area contributed by atoms with Crippen LogP contribution in [-0.4, -0.2) is 40.0 Å². The van der Waals surface area contributed by atoms with Gasteiger partial charge >= 0.3 is 6.09 Å². The fourth-order valence-electron chi connectivity index (χ4n) is 4.99. The Morgan fingerprint density at radius 1 is 0.857 bits per heavy atom. The number of benzene rings is 3. The molecule has 7 nitrogen and oxygen atoms in total. The lowest BCUT2D eigenvalue weighted by molar-refractivity contribution is -0.147. The predicted molar refractivity (Wildman–Crippen MR) is 170 cm³/mol. The van der Waals surface area contributed by atoms with Gasteiger partial charge < -0.3 is 20.3 Å². The topological polar surface area (TPSA) is 87.7 Å². The molecule has 0 aromatic heterocycles. The van der Waals surface area contributed by atoms with Gasteiger partial charge in [0.15, 0.2) is 0 Å². The number of alkyl carbamates (subject to hydrolysis) is 1. The second kappa shape index (κ2) is 13.4.